The fourth-order valence-corrected chi connectivity index (χ4v) is 4.23. The summed E-state index contributed by atoms with van der Waals surface area (Å²) in [6.45, 7) is 5.04. The molecule has 0 unspecified atom stereocenters. The predicted octanol–water partition coefficient (Wildman–Crippen LogP) is 0.0351. The summed E-state index contributed by atoms with van der Waals surface area (Å²) in [6, 6.07) is 6.64. The quantitative estimate of drug-likeness (QED) is 0.590. The molecule has 0 bridgehead atoms. The Morgan fingerprint density at radius 1 is 1.32 bits per heavy atom. The van der Waals surface area contributed by atoms with Gasteiger partial charge in [-0.1, -0.05) is 19.1 Å². The van der Waals surface area contributed by atoms with Crippen LogP contribution in [0.2, 0.25) is 0 Å². The highest BCUT2D eigenvalue weighted by Crippen LogP contribution is 2.12. The van der Waals surface area contributed by atoms with Gasteiger partial charge in [-0.15, -0.1) is 0 Å². The number of non-ortho nitro benzene ring substituents is 1. The van der Waals surface area contributed by atoms with Crippen LogP contribution in [-0.4, -0.2) is 49.6 Å². The fourth-order valence-electron chi connectivity index (χ4n) is 2.71. The van der Waals surface area contributed by atoms with Crippen LogP contribution in [0.3, 0.4) is 0 Å². The zero-order valence-electron chi connectivity index (χ0n) is 12.7. The van der Waals surface area contributed by atoms with Crippen LogP contribution in [0.15, 0.2) is 24.3 Å². The Bertz CT molecular complexity index is 625. The lowest BCUT2D eigenvalue weighted by atomic mass is 10.2. The third kappa shape index (κ3) is 4.25. The summed E-state index contributed by atoms with van der Waals surface area (Å²) in [7, 11) is -3.12. The van der Waals surface area contributed by atoms with Crippen LogP contribution in [0, 0.1) is 10.1 Å². The highest BCUT2D eigenvalue weighted by Gasteiger charge is 2.28. The van der Waals surface area contributed by atoms with E-state index in [9.17, 15) is 18.5 Å². The number of nitro groups is 1. The maximum absolute atomic E-state index is 12.0. The van der Waals surface area contributed by atoms with Crippen LogP contribution in [0.4, 0.5) is 5.69 Å². The first-order chi connectivity index (χ1) is 10.4. The highest BCUT2D eigenvalue weighted by atomic mass is 32.2. The zero-order chi connectivity index (χ0) is 16.2. The highest BCUT2D eigenvalue weighted by molar-refractivity contribution is 7.89. The summed E-state index contributed by atoms with van der Waals surface area (Å²) in [5, 5.41) is 10.8. The zero-order valence-corrected chi connectivity index (χ0v) is 13.5. The van der Waals surface area contributed by atoms with Crippen LogP contribution in [-0.2, 0) is 16.6 Å². The first kappa shape index (κ1) is 16.9. The molecule has 8 heteroatoms. The van der Waals surface area contributed by atoms with E-state index in [0.717, 1.165) is 18.7 Å². The summed E-state index contributed by atoms with van der Waals surface area (Å²) in [5.74, 6) is 0.202. The van der Waals surface area contributed by atoms with E-state index in [1.54, 1.807) is 16.4 Å². The van der Waals surface area contributed by atoms with Crippen LogP contribution in [0.25, 0.3) is 0 Å². The van der Waals surface area contributed by atoms with Gasteiger partial charge in [-0.3, -0.25) is 10.1 Å². The lowest BCUT2D eigenvalue weighted by molar-refractivity contribution is -0.917. The minimum Gasteiger partial charge on any atom is -0.329 e. The molecule has 22 heavy (non-hydrogen) atoms. The monoisotopic (exact) mass is 328 g/mol. The molecule has 0 atom stereocenters. The molecule has 122 valence electrons. The van der Waals surface area contributed by atoms with E-state index >= 15 is 0 Å². The minimum atomic E-state index is -3.12. The lowest BCUT2D eigenvalue weighted by Gasteiger charge is -2.31. The second kappa shape index (κ2) is 7.17. The second-order valence-corrected chi connectivity index (χ2v) is 7.66. The molecule has 1 heterocycles. The number of benzene rings is 1. The molecule has 1 aromatic rings. The Hall–Kier alpha value is -1.51. The maximum atomic E-state index is 12.0. The van der Waals surface area contributed by atoms with E-state index in [4.69, 9.17) is 0 Å². The summed E-state index contributed by atoms with van der Waals surface area (Å²) >= 11 is 0. The molecule has 0 radical (unpaired) electrons. The SMILES string of the molecule is CCCS(=O)(=O)N1CC[NH+](Cc2cccc([N+](=O)[O-])c2)CC1. The first-order valence-corrected chi connectivity index (χ1v) is 9.08. The van der Waals surface area contributed by atoms with Gasteiger partial charge < -0.3 is 4.90 Å². The molecule has 2 rings (SSSR count). The summed E-state index contributed by atoms with van der Waals surface area (Å²) in [6.07, 6.45) is 0.628. The molecule has 1 aliphatic heterocycles. The number of hydrogen-bond donors (Lipinski definition) is 1. The van der Waals surface area contributed by atoms with Crippen molar-refractivity contribution in [2.75, 3.05) is 31.9 Å². The summed E-state index contributed by atoms with van der Waals surface area (Å²) in [5.41, 5.74) is 1.01. The van der Waals surface area contributed by atoms with Crippen molar-refractivity contribution in [3.63, 3.8) is 0 Å². The number of hydrogen-bond acceptors (Lipinski definition) is 4. The van der Waals surface area contributed by atoms with Crippen molar-refractivity contribution in [2.45, 2.75) is 19.9 Å². The number of rotatable bonds is 6. The number of nitrogens with zero attached hydrogens (tertiary/aromatic N) is 2. The summed E-state index contributed by atoms with van der Waals surface area (Å²) in [4.78, 5) is 11.6. The predicted molar refractivity (Wildman–Crippen MR) is 83.1 cm³/mol. The van der Waals surface area contributed by atoms with E-state index in [1.165, 1.54) is 11.0 Å². The number of sulfonamides is 1. The van der Waals surface area contributed by atoms with Crippen molar-refractivity contribution >= 4 is 15.7 Å². The second-order valence-electron chi connectivity index (χ2n) is 5.57. The van der Waals surface area contributed by atoms with Crippen LogP contribution < -0.4 is 4.90 Å². The Morgan fingerprint density at radius 3 is 2.59 bits per heavy atom. The van der Waals surface area contributed by atoms with Gasteiger partial charge in [-0.2, -0.15) is 4.31 Å². The molecule has 1 aliphatic rings. The van der Waals surface area contributed by atoms with Crippen molar-refractivity contribution in [3.8, 4) is 0 Å². The molecule has 0 spiro atoms. The minimum absolute atomic E-state index is 0.0982. The average Bonchev–Trinajstić information content (AvgIpc) is 2.48. The number of nitro benzene ring substituents is 1. The normalized spacial score (nSPS) is 17.5. The molecule has 1 fully saturated rings. The molecule has 1 saturated heterocycles. The molecular weight excluding hydrogens is 306 g/mol. The fraction of sp³-hybridized carbons (Fsp3) is 0.571. The van der Waals surface area contributed by atoms with E-state index in [1.807, 2.05) is 13.0 Å². The first-order valence-electron chi connectivity index (χ1n) is 7.47. The molecule has 1 aromatic carbocycles. The maximum Gasteiger partial charge on any atom is 0.269 e. The Kier molecular flexibility index (Phi) is 5.49. The largest absolute Gasteiger partial charge is 0.329 e. The van der Waals surface area contributed by atoms with Gasteiger partial charge in [0.25, 0.3) is 5.69 Å². The van der Waals surface area contributed by atoms with Gasteiger partial charge in [0.2, 0.25) is 10.0 Å². The van der Waals surface area contributed by atoms with Crippen molar-refractivity contribution in [2.24, 2.45) is 0 Å². The molecule has 1 N–H and O–H groups in total. The van der Waals surface area contributed by atoms with Gasteiger partial charge in [0.05, 0.1) is 36.9 Å². The van der Waals surface area contributed by atoms with Gasteiger partial charge in [0.1, 0.15) is 6.54 Å². The topological polar surface area (TPSA) is 85.0 Å². The smallest absolute Gasteiger partial charge is 0.269 e. The van der Waals surface area contributed by atoms with Crippen molar-refractivity contribution in [1.82, 2.24) is 4.31 Å². The molecule has 7 nitrogen and oxygen atoms in total. The molecule has 0 aromatic heterocycles. The molecular formula is C14H22N3O4S+. The summed E-state index contributed by atoms with van der Waals surface area (Å²) < 4.78 is 25.6. The Morgan fingerprint density at radius 2 is 2.00 bits per heavy atom. The third-order valence-electron chi connectivity index (χ3n) is 3.86. The number of nitrogens with one attached hydrogen (secondary N) is 1. The van der Waals surface area contributed by atoms with E-state index in [2.05, 4.69) is 0 Å². The Balaban J connectivity index is 1.93. The van der Waals surface area contributed by atoms with E-state index < -0.39 is 14.9 Å². The number of piperazine rings is 1. The van der Waals surface area contributed by atoms with Gasteiger partial charge >= 0.3 is 0 Å². The molecule has 0 saturated carbocycles. The van der Waals surface area contributed by atoms with Gasteiger partial charge in [-0.25, -0.2) is 8.42 Å². The van der Waals surface area contributed by atoms with Crippen LogP contribution in [0.5, 0.6) is 0 Å². The van der Waals surface area contributed by atoms with Gasteiger partial charge in [-0.05, 0) is 6.42 Å². The number of quaternary nitrogens is 1. The van der Waals surface area contributed by atoms with Crippen molar-refractivity contribution in [3.05, 3.63) is 39.9 Å². The van der Waals surface area contributed by atoms with Crippen molar-refractivity contribution < 1.29 is 18.2 Å². The average molecular weight is 328 g/mol. The standard InChI is InChI=1S/C14H21N3O4S/c1-2-10-22(20,21)16-8-6-15(7-9-16)12-13-4-3-5-14(11-13)17(18)19/h3-5,11H,2,6-10,12H2,1H3/p+1. The van der Waals surface area contributed by atoms with Gasteiger partial charge in [0.15, 0.2) is 0 Å². The van der Waals surface area contributed by atoms with Crippen LogP contribution >= 0.6 is 0 Å². The van der Waals surface area contributed by atoms with Crippen molar-refractivity contribution in [1.29, 1.82) is 0 Å². The molecule has 0 aliphatic carbocycles. The van der Waals surface area contributed by atoms with Gasteiger partial charge in [0, 0.05) is 17.7 Å². The third-order valence-corrected chi connectivity index (χ3v) is 5.94. The molecule has 0 amide bonds. The lowest BCUT2D eigenvalue weighted by Crippen LogP contribution is -3.13. The van der Waals surface area contributed by atoms with Crippen LogP contribution in [0.1, 0.15) is 18.9 Å². The van der Waals surface area contributed by atoms with E-state index in [-0.39, 0.29) is 11.4 Å². The Labute approximate surface area is 130 Å². The van der Waals surface area contributed by atoms with E-state index in [0.29, 0.717) is 26.1 Å².